The number of benzene rings is 2. The van der Waals surface area contributed by atoms with Crippen LogP contribution in [-0.2, 0) is 9.47 Å². The second-order valence-electron chi connectivity index (χ2n) is 11.0. The number of hydrogen-bond acceptors (Lipinski definition) is 6. The zero-order valence-corrected chi connectivity index (χ0v) is 23.4. The molecule has 9 nitrogen and oxygen atoms in total. The van der Waals surface area contributed by atoms with Gasteiger partial charge in [0.05, 0.1) is 24.8 Å². The smallest absolute Gasteiger partial charge is 0.410 e. The first-order valence-corrected chi connectivity index (χ1v) is 13.6. The van der Waals surface area contributed by atoms with Gasteiger partial charge in [0, 0.05) is 37.2 Å². The quantitative estimate of drug-likeness (QED) is 0.515. The van der Waals surface area contributed by atoms with Crippen LogP contribution in [0.1, 0.15) is 78.3 Å². The first-order chi connectivity index (χ1) is 18.6. The number of nitrogens with one attached hydrogen (secondary N) is 2. The SMILES string of the molecule is CNC(=O)c1cc(C(=O)NCCCC2CN(C(=O)OC(C)(C)C)CCO2)cc2c1OC(C)C2c1ccccc1. The monoisotopic (exact) mass is 537 g/mol. The highest BCUT2D eigenvalue weighted by atomic mass is 16.6. The van der Waals surface area contributed by atoms with Gasteiger partial charge in [0.1, 0.15) is 17.5 Å². The highest BCUT2D eigenvalue weighted by molar-refractivity contribution is 6.02. The van der Waals surface area contributed by atoms with E-state index in [-0.39, 0.29) is 36.0 Å². The number of morpholine rings is 1. The van der Waals surface area contributed by atoms with Crippen LogP contribution < -0.4 is 15.4 Å². The Labute approximate surface area is 230 Å². The van der Waals surface area contributed by atoms with E-state index in [9.17, 15) is 14.4 Å². The van der Waals surface area contributed by atoms with Crippen LogP contribution in [-0.4, -0.2) is 73.9 Å². The molecule has 2 aliphatic rings. The van der Waals surface area contributed by atoms with E-state index in [1.165, 1.54) is 0 Å². The lowest BCUT2D eigenvalue weighted by Gasteiger charge is -2.34. The van der Waals surface area contributed by atoms with Crippen molar-refractivity contribution in [3.8, 4) is 5.75 Å². The number of carbonyl (C=O) groups excluding carboxylic acids is 3. The summed E-state index contributed by atoms with van der Waals surface area (Å²) in [5.41, 5.74) is 2.12. The van der Waals surface area contributed by atoms with Gasteiger partial charge in [0.2, 0.25) is 0 Å². The molecule has 2 N–H and O–H groups in total. The minimum atomic E-state index is -0.546. The largest absolute Gasteiger partial charge is 0.489 e. The van der Waals surface area contributed by atoms with Gasteiger partial charge in [-0.15, -0.1) is 0 Å². The molecule has 2 aromatic rings. The molecule has 1 fully saturated rings. The molecule has 2 aliphatic heterocycles. The second-order valence-corrected chi connectivity index (χ2v) is 11.0. The van der Waals surface area contributed by atoms with E-state index >= 15 is 0 Å². The summed E-state index contributed by atoms with van der Waals surface area (Å²) in [5, 5.41) is 5.63. The van der Waals surface area contributed by atoms with Gasteiger partial charge >= 0.3 is 6.09 Å². The highest BCUT2D eigenvalue weighted by Crippen LogP contribution is 2.44. The van der Waals surface area contributed by atoms with E-state index < -0.39 is 5.60 Å². The van der Waals surface area contributed by atoms with Crippen molar-refractivity contribution >= 4 is 17.9 Å². The van der Waals surface area contributed by atoms with E-state index in [2.05, 4.69) is 10.6 Å². The van der Waals surface area contributed by atoms with Crippen molar-refractivity contribution in [2.75, 3.05) is 33.3 Å². The molecule has 0 aliphatic carbocycles. The lowest BCUT2D eigenvalue weighted by molar-refractivity contribution is -0.0449. The van der Waals surface area contributed by atoms with Gasteiger partial charge in [0.25, 0.3) is 11.8 Å². The predicted octanol–water partition coefficient (Wildman–Crippen LogP) is 4.10. The van der Waals surface area contributed by atoms with E-state index in [1.54, 1.807) is 18.0 Å². The van der Waals surface area contributed by atoms with E-state index in [1.807, 2.05) is 64.1 Å². The number of hydrogen-bond donors (Lipinski definition) is 2. The minimum Gasteiger partial charge on any atom is -0.489 e. The Morgan fingerprint density at radius 1 is 1.10 bits per heavy atom. The van der Waals surface area contributed by atoms with Crippen LogP contribution >= 0.6 is 0 Å². The lowest BCUT2D eigenvalue weighted by atomic mass is 9.87. The zero-order chi connectivity index (χ0) is 28.2. The minimum absolute atomic E-state index is 0.0891. The van der Waals surface area contributed by atoms with E-state index in [4.69, 9.17) is 14.2 Å². The summed E-state index contributed by atoms with van der Waals surface area (Å²) in [7, 11) is 1.56. The Balaban J connectivity index is 1.39. The number of fused-ring (bicyclic) bond motifs is 1. The zero-order valence-electron chi connectivity index (χ0n) is 23.4. The maximum atomic E-state index is 13.2. The lowest BCUT2D eigenvalue weighted by Crippen LogP contribution is -2.47. The summed E-state index contributed by atoms with van der Waals surface area (Å²) in [4.78, 5) is 40.0. The van der Waals surface area contributed by atoms with E-state index in [0.29, 0.717) is 56.0 Å². The highest BCUT2D eigenvalue weighted by Gasteiger charge is 2.36. The molecule has 0 spiro atoms. The van der Waals surface area contributed by atoms with Crippen LogP contribution in [0.15, 0.2) is 42.5 Å². The van der Waals surface area contributed by atoms with Gasteiger partial charge in [-0.05, 0) is 58.2 Å². The molecule has 1 saturated heterocycles. The Hall–Kier alpha value is -3.59. The maximum Gasteiger partial charge on any atom is 0.410 e. The summed E-state index contributed by atoms with van der Waals surface area (Å²) >= 11 is 0. The van der Waals surface area contributed by atoms with Crippen molar-refractivity contribution in [2.24, 2.45) is 0 Å². The third-order valence-electron chi connectivity index (χ3n) is 6.90. The van der Waals surface area contributed by atoms with E-state index in [0.717, 1.165) is 11.1 Å². The number of amides is 3. The number of rotatable bonds is 7. The fourth-order valence-corrected chi connectivity index (χ4v) is 5.09. The standard InChI is InChI=1S/C30H39N3O6/c1-19-25(20-10-7-6-8-11-20)23-16-21(17-24(26(23)38-19)28(35)31-5)27(34)32-13-9-12-22-18-33(14-15-37-22)29(36)39-30(2,3)4/h6-8,10-11,16-17,19,22,25H,9,12-15,18H2,1-5H3,(H,31,35)(H,32,34). The average Bonchev–Trinajstić information content (AvgIpc) is 3.25. The summed E-state index contributed by atoms with van der Waals surface area (Å²) in [6.07, 6.45) is 0.737. The van der Waals surface area contributed by atoms with Gasteiger partial charge in [-0.1, -0.05) is 30.3 Å². The number of ether oxygens (including phenoxy) is 3. The summed E-state index contributed by atoms with van der Waals surface area (Å²) < 4.78 is 17.4. The van der Waals surface area contributed by atoms with Crippen molar-refractivity contribution in [3.63, 3.8) is 0 Å². The molecule has 0 aromatic heterocycles. The number of nitrogens with zero attached hydrogens (tertiary/aromatic N) is 1. The van der Waals surface area contributed by atoms with Crippen LogP contribution in [0.4, 0.5) is 4.79 Å². The predicted molar refractivity (Wildman–Crippen MR) is 147 cm³/mol. The van der Waals surface area contributed by atoms with Crippen molar-refractivity contribution in [3.05, 3.63) is 64.7 Å². The first-order valence-electron chi connectivity index (χ1n) is 13.6. The first kappa shape index (κ1) is 28.4. The molecule has 210 valence electrons. The van der Waals surface area contributed by atoms with Crippen LogP contribution in [0, 0.1) is 0 Å². The molecular formula is C30H39N3O6. The summed E-state index contributed by atoms with van der Waals surface area (Å²) in [6.45, 7) is 9.37. The molecule has 3 unspecified atom stereocenters. The molecule has 39 heavy (non-hydrogen) atoms. The van der Waals surface area contributed by atoms with Crippen LogP contribution in [0.5, 0.6) is 5.75 Å². The Morgan fingerprint density at radius 2 is 1.85 bits per heavy atom. The van der Waals surface area contributed by atoms with Gasteiger partial charge in [0.15, 0.2) is 0 Å². The molecule has 9 heteroatoms. The van der Waals surface area contributed by atoms with Crippen LogP contribution in [0.2, 0.25) is 0 Å². The van der Waals surface area contributed by atoms with Crippen LogP contribution in [0.25, 0.3) is 0 Å². The molecule has 0 bridgehead atoms. The third kappa shape index (κ3) is 6.89. The fourth-order valence-electron chi connectivity index (χ4n) is 5.09. The number of carbonyl (C=O) groups is 3. The Kier molecular flexibility index (Phi) is 8.80. The summed E-state index contributed by atoms with van der Waals surface area (Å²) in [5.74, 6) is -0.120. The van der Waals surface area contributed by atoms with Crippen molar-refractivity contribution in [1.82, 2.24) is 15.5 Å². The normalized spacial score (nSPS) is 20.5. The Bertz CT molecular complexity index is 1190. The van der Waals surface area contributed by atoms with Gasteiger partial charge < -0.3 is 29.7 Å². The van der Waals surface area contributed by atoms with Crippen molar-refractivity contribution in [2.45, 2.75) is 64.3 Å². The molecule has 2 aromatic carbocycles. The average molecular weight is 538 g/mol. The van der Waals surface area contributed by atoms with Crippen molar-refractivity contribution in [1.29, 1.82) is 0 Å². The van der Waals surface area contributed by atoms with Gasteiger partial charge in [-0.2, -0.15) is 0 Å². The van der Waals surface area contributed by atoms with Gasteiger partial charge in [-0.25, -0.2) is 4.79 Å². The molecule has 3 amide bonds. The molecule has 0 saturated carbocycles. The topological polar surface area (TPSA) is 106 Å². The molecule has 2 heterocycles. The maximum absolute atomic E-state index is 13.2. The fraction of sp³-hybridized carbons (Fsp3) is 0.500. The molecule has 0 radical (unpaired) electrons. The molecule has 3 atom stereocenters. The van der Waals surface area contributed by atoms with Crippen molar-refractivity contribution < 1.29 is 28.6 Å². The Morgan fingerprint density at radius 3 is 2.54 bits per heavy atom. The third-order valence-corrected chi connectivity index (χ3v) is 6.90. The molecule has 4 rings (SSSR count). The summed E-state index contributed by atoms with van der Waals surface area (Å²) in [6, 6.07) is 13.4. The van der Waals surface area contributed by atoms with Crippen LogP contribution in [0.3, 0.4) is 0 Å². The van der Waals surface area contributed by atoms with Gasteiger partial charge in [-0.3, -0.25) is 9.59 Å². The molecular weight excluding hydrogens is 498 g/mol. The second kappa shape index (κ2) is 12.1.